The second-order valence-corrected chi connectivity index (χ2v) is 17.4. The number of aliphatic hydroxyl groups is 1. The minimum absolute atomic E-state index is 0.179. The van der Waals surface area contributed by atoms with Crippen LogP contribution in [0.1, 0.15) is 211 Å². The van der Waals surface area contributed by atoms with Crippen molar-refractivity contribution in [1.82, 2.24) is 0 Å². The summed E-state index contributed by atoms with van der Waals surface area (Å²) in [5, 5.41) is 10.4. The van der Waals surface area contributed by atoms with Gasteiger partial charge in [0.1, 0.15) is 5.75 Å². The van der Waals surface area contributed by atoms with Crippen molar-refractivity contribution in [3.8, 4) is 5.75 Å². The Morgan fingerprint density at radius 2 is 0.808 bits per heavy atom. The van der Waals surface area contributed by atoms with E-state index < -0.39 is 15.3 Å². The summed E-state index contributed by atoms with van der Waals surface area (Å²) in [5.41, 5.74) is 0.628. The number of hydrogen-bond donors (Lipinski definition) is 1. The van der Waals surface area contributed by atoms with E-state index in [-0.39, 0.29) is 11.3 Å². The summed E-state index contributed by atoms with van der Waals surface area (Å²) in [6, 6.07) is 14.9. The maximum Gasteiger partial charge on any atom is 0.204 e. The monoisotopic (exact) mass is 739 g/mol. The lowest BCUT2D eigenvalue weighted by Crippen LogP contribution is -2.20. The highest BCUT2D eigenvalue weighted by Crippen LogP contribution is 2.22. The number of sulfone groups is 1. The summed E-state index contributed by atoms with van der Waals surface area (Å²) in [4.78, 5) is 0.179. The number of rotatable bonds is 35. The van der Waals surface area contributed by atoms with Gasteiger partial charge in [0, 0.05) is 0 Å². The van der Waals surface area contributed by atoms with Crippen LogP contribution in [0, 0.1) is 0 Å². The molecule has 2 aromatic carbocycles. The van der Waals surface area contributed by atoms with Crippen LogP contribution in [-0.4, -0.2) is 25.6 Å². The number of benzene rings is 2. The molecule has 0 radical (unpaired) electrons. The highest BCUT2D eigenvalue weighted by molar-refractivity contribution is 7.91. The molecular formula is C47H78O4S. The van der Waals surface area contributed by atoms with Crippen LogP contribution in [0.4, 0.5) is 0 Å². The number of ether oxygens (including phenoxy) is 1. The predicted octanol–water partition coefficient (Wildman–Crippen LogP) is 14.7. The Morgan fingerprint density at radius 1 is 0.481 bits per heavy atom. The second kappa shape index (κ2) is 31.3. The Hall–Kier alpha value is -2.11. The molecule has 0 aliphatic rings. The molecule has 5 heteroatoms. The zero-order chi connectivity index (χ0) is 37.4. The zero-order valence-electron chi connectivity index (χ0n) is 33.6. The Bertz CT molecular complexity index is 1220. The van der Waals surface area contributed by atoms with E-state index in [1.807, 2.05) is 36.4 Å². The lowest BCUT2D eigenvalue weighted by Gasteiger charge is -2.12. The van der Waals surface area contributed by atoms with E-state index in [0.717, 1.165) is 49.2 Å². The molecule has 52 heavy (non-hydrogen) atoms. The van der Waals surface area contributed by atoms with Gasteiger partial charge in [0.05, 0.1) is 11.5 Å². The Morgan fingerprint density at radius 3 is 1.19 bits per heavy atom. The van der Waals surface area contributed by atoms with Crippen molar-refractivity contribution in [2.45, 2.75) is 210 Å². The van der Waals surface area contributed by atoms with Gasteiger partial charge in [0.2, 0.25) is 9.84 Å². The van der Waals surface area contributed by atoms with Gasteiger partial charge in [-0.25, -0.2) is 8.42 Å². The van der Waals surface area contributed by atoms with Crippen molar-refractivity contribution in [3.05, 3.63) is 59.7 Å². The lowest BCUT2D eigenvalue weighted by molar-refractivity contribution is 0.233. The molecule has 1 N–H and O–H groups in total. The van der Waals surface area contributed by atoms with Crippen LogP contribution < -0.4 is 4.74 Å². The van der Waals surface area contributed by atoms with Crippen LogP contribution in [0.15, 0.2) is 53.4 Å². The SMILES string of the molecule is CCCCCCCCCCCCCCCCCCCCCCOc1ccc(C=Cc2ccc(S(=O)(=O)C(O)CCCCCCCCCC)cc2)cc1. The number of aliphatic hydroxyl groups excluding tert-OH is 1. The van der Waals surface area contributed by atoms with Crippen LogP contribution in [0.5, 0.6) is 5.75 Å². The maximum atomic E-state index is 12.9. The zero-order valence-corrected chi connectivity index (χ0v) is 34.5. The van der Waals surface area contributed by atoms with Crippen LogP contribution >= 0.6 is 0 Å². The first-order chi connectivity index (χ1) is 25.5. The Balaban J connectivity index is 1.47. The third-order valence-corrected chi connectivity index (χ3v) is 12.4. The summed E-state index contributed by atoms with van der Waals surface area (Å²) in [5.74, 6) is 0.898. The van der Waals surface area contributed by atoms with Gasteiger partial charge in [0.25, 0.3) is 0 Å². The summed E-state index contributed by atoms with van der Waals surface area (Å²) < 4.78 is 31.7. The van der Waals surface area contributed by atoms with Crippen LogP contribution in [-0.2, 0) is 9.84 Å². The van der Waals surface area contributed by atoms with Crippen LogP contribution in [0.25, 0.3) is 12.2 Å². The standard InChI is InChI=1S/C47H78O4S/c1-3-5-7-9-11-13-14-15-16-17-18-19-20-21-22-23-24-26-28-30-42-51-45-38-34-43(35-39-45)32-33-44-36-40-46(41-37-44)52(49,50)47(48)31-29-27-25-12-10-8-6-4-2/h32-41,47-48H,3-31,42H2,1-2H3. The van der Waals surface area contributed by atoms with Gasteiger partial charge < -0.3 is 9.84 Å². The predicted molar refractivity (Wildman–Crippen MR) is 226 cm³/mol. The maximum absolute atomic E-state index is 12.9. The van der Waals surface area contributed by atoms with Crippen molar-refractivity contribution in [2.75, 3.05) is 6.61 Å². The minimum atomic E-state index is -3.74. The van der Waals surface area contributed by atoms with Gasteiger partial charge in [-0.3, -0.25) is 0 Å². The minimum Gasteiger partial charge on any atom is -0.494 e. The summed E-state index contributed by atoms with van der Waals surface area (Å²) in [6.07, 6.45) is 41.1. The third-order valence-electron chi connectivity index (χ3n) is 10.5. The van der Waals surface area contributed by atoms with E-state index in [2.05, 4.69) is 13.8 Å². The van der Waals surface area contributed by atoms with E-state index in [1.54, 1.807) is 24.3 Å². The van der Waals surface area contributed by atoms with Gasteiger partial charge in [-0.2, -0.15) is 0 Å². The normalized spacial score (nSPS) is 12.5. The number of unbranched alkanes of at least 4 members (excludes halogenated alkanes) is 26. The quantitative estimate of drug-likeness (QED) is 0.0565. The average Bonchev–Trinajstić information content (AvgIpc) is 3.16. The smallest absolute Gasteiger partial charge is 0.204 e. The molecule has 2 aromatic rings. The summed E-state index contributed by atoms with van der Waals surface area (Å²) in [7, 11) is -3.74. The van der Waals surface area contributed by atoms with Crippen molar-refractivity contribution in [2.24, 2.45) is 0 Å². The van der Waals surface area contributed by atoms with Crippen molar-refractivity contribution >= 4 is 22.0 Å². The first-order valence-corrected chi connectivity index (χ1v) is 23.4. The highest BCUT2D eigenvalue weighted by Gasteiger charge is 2.24. The molecule has 0 aliphatic heterocycles. The van der Waals surface area contributed by atoms with Crippen LogP contribution in [0.2, 0.25) is 0 Å². The van der Waals surface area contributed by atoms with Gasteiger partial charge >= 0.3 is 0 Å². The average molecular weight is 739 g/mol. The molecule has 4 nitrogen and oxygen atoms in total. The number of hydrogen-bond acceptors (Lipinski definition) is 4. The van der Waals surface area contributed by atoms with Gasteiger partial charge in [-0.05, 0) is 54.7 Å². The molecule has 0 saturated carbocycles. The Labute approximate surface area is 321 Å². The molecule has 2 rings (SSSR count). The van der Waals surface area contributed by atoms with Gasteiger partial charge in [-0.15, -0.1) is 0 Å². The fourth-order valence-corrected chi connectivity index (χ4v) is 8.26. The van der Waals surface area contributed by atoms with E-state index in [9.17, 15) is 13.5 Å². The molecule has 1 atom stereocenters. The van der Waals surface area contributed by atoms with Gasteiger partial charge in [0.15, 0.2) is 5.44 Å². The van der Waals surface area contributed by atoms with E-state index in [4.69, 9.17) is 4.74 Å². The molecule has 0 aromatic heterocycles. The molecule has 0 heterocycles. The first kappa shape index (κ1) is 46.0. The molecule has 0 saturated heterocycles. The van der Waals surface area contributed by atoms with Crippen molar-refractivity contribution < 1.29 is 18.3 Å². The van der Waals surface area contributed by atoms with Crippen LogP contribution in [0.3, 0.4) is 0 Å². The van der Waals surface area contributed by atoms with E-state index in [0.29, 0.717) is 0 Å². The molecule has 0 fully saturated rings. The second-order valence-electron chi connectivity index (χ2n) is 15.3. The first-order valence-electron chi connectivity index (χ1n) is 21.9. The fourth-order valence-electron chi connectivity index (χ4n) is 6.95. The Kier molecular flexibility index (Phi) is 27.7. The fraction of sp³-hybridized carbons (Fsp3) is 0.702. The molecule has 296 valence electrons. The lowest BCUT2D eigenvalue weighted by atomic mass is 10.0. The van der Waals surface area contributed by atoms with Crippen molar-refractivity contribution in [1.29, 1.82) is 0 Å². The van der Waals surface area contributed by atoms with Crippen molar-refractivity contribution in [3.63, 3.8) is 0 Å². The molecular weight excluding hydrogens is 661 g/mol. The summed E-state index contributed by atoms with van der Waals surface area (Å²) in [6.45, 7) is 5.27. The van der Waals surface area contributed by atoms with E-state index in [1.165, 1.54) is 154 Å². The van der Waals surface area contributed by atoms with E-state index >= 15 is 0 Å². The molecule has 0 amide bonds. The molecule has 1 unspecified atom stereocenters. The topological polar surface area (TPSA) is 63.6 Å². The van der Waals surface area contributed by atoms with Gasteiger partial charge in [-0.1, -0.05) is 217 Å². The molecule has 0 spiro atoms. The molecule has 0 bridgehead atoms. The largest absolute Gasteiger partial charge is 0.494 e. The third kappa shape index (κ3) is 22.8. The highest BCUT2D eigenvalue weighted by atomic mass is 32.2. The molecule has 0 aliphatic carbocycles. The summed E-state index contributed by atoms with van der Waals surface area (Å²) >= 11 is 0.